The molecule has 0 saturated carbocycles. The maximum Gasteiger partial charge on any atom is 0.163 e. The topological polar surface area (TPSA) is 43.8 Å². The number of halogens is 1. The van der Waals surface area contributed by atoms with E-state index < -0.39 is 0 Å². The van der Waals surface area contributed by atoms with Crippen molar-refractivity contribution in [2.45, 2.75) is 19.1 Å². The smallest absolute Gasteiger partial charge is 0.163 e. The van der Waals surface area contributed by atoms with Crippen molar-refractivity contribution in [1.29, 1.82) is 0 Å². The van der Waals surface area contributed by atoms with Gasteiger partial charge < -0.3 is 19.1 Å². The Kier molecular flexibility index (Phi) is 6.32. The third-order valence-corrected chi connectivity index (χ3v) is 5.37. The lowest BCUT2D eigenvalue weighted by molar-refractivity contribution is 0.138. The molecule has 0 spiro atoms. The summed E-state index contributed by atoms with van der Waals surface area (Å²) >= 11 is 3.52. The molecule has 0 bridgehead atoms. The molecule has 1 aliphatic heterocycles. The molecule has 6 heteroatoms. The zero-order valence-electron chi connectivity index (χ0n) is 16.3. The quantitative estimate of drug-likeness (QED) is 0.480. The first kappa shape index (κ1) is 19.7. The van der Waals surface area contributed by atoms with Crippen LogP contribution >= 0.6 is 15.9 Å². The average Bonchev–Trinajstić information content (AvgIpc) is 3.27. The van der Waals surface area contributed by atoms with Gasteiger partial charge in [0.25, 0.3) is 0 Å². The highest BCUT2D eigenvalue weighted by molar-refractivity contribution is 9.10. The van der Waals surface area contributed by atoms with Crippen LogP contribution in [0.15, 0.2) is 71.5 Å². The van der Waals surface area contributed by atoms with Crippen LogP contribution in [-0.4, -0.2) is 31.4 Å². The van der Waals surface area contributed by atoms with Gasteiger partial charge in [0.1, 0.15) is 6.10 Å². The van der Waals surface area contributed by atoms with Crippen LogP contribution in [0.25, 0.3) is 0 Å². The Morgan fingerprint density at radius 1 is 1.10 bits per heavy atom. The Hall–Kier alpha value is -2.57. The highest BCUT2D eigenvalue weighted by Crippen LogP contribution is 2.37. The number of methoxy groups -OCH3 is 1. The second-order valence-corrected chi connectivity index (χ2v) is 7.78. The number of hydrogen-bond acceptors (Lipinski definition) is 5. The van der Waals surface area contributed by atoms with Gasteiger partial charge >= 0.3 is 0 Å². The van der Waals surface area contributed by atoms with Gasteiger partial charge in [-0.2, -0.15) is 0 Å². The fourth-order valence-electron chi connectivity index (χ4n) is 3.34. The number of aromatic nitrogens is 1. The molecule has 0 radical (unpaired) electrons. The number of nitrogens with zero attached hydrogens (tertiary/aromatic N) is 2. The molecule has 0 N–H and O–H groups in total. The molecule has 0 aliphatic carbocycles. The molecule has 1 fully saturated rings. The van der Waals surface area contributed by atoms with Gasteiger partial charge in [-0.3, -0.25) is 4.98 Å². The van der Waals surface area contributed by atoms with E-state index in [0.29, 0.717) is 13.2 Å². The van der Waals surface area contributed by atoms with Crippen LogP contribution in [0.1, 0.15) is 12.0 Å². The number of rotatable bonds is 7. The van der Waals surface area contributed by atoms with E-state index in [1.807, 2.05) is 36.5 Å². The molecule has 1 saturated heterocycles. The van der Waals surface area contributed by atoms with Crippen LogP contribution in [0.4, 0.5) is 11.4 Å². The van der Waals surface area contributed by atoms with Crippen molar-refractivity contribution in [1.82, 2.24) is 4.98 Å². The standard InChI is InChI=1S/C23H23BrN2O3/c1-27-22-9-8-20(13-23(22)29-21-10-12-28-16-21)26(15-17-3-2-11-25-14-17)19-6-4-18(24)5-7-19/h2-9,11,13-14,21H,10,12,15-16H2,1H3/t21-/m1/s1. The summed E-state index contributed by atoms with van der Waals surface area (Å²) in [6.45, 7) is 2.03. The van der Waals surface area contributed by atoms with E-state index in [9.17, 15) is 0 Å². The summed E-state index contributed by atoms with van der Waals surface area (Å²) in [6.07, 6.45) is 4.62. The summed E-state index contributed by atoms with van der Waals surface area (Å²) in [5.74, 6) is 1.45. The van der Waals surface area contributed by atoms with Gasteiger partial charge in [-0.05, 0) is 48.0 Å². The minimum Gasteiger partial charge on any atom is -0.493 e. The van der Waals surface area contributed by atoms with E-state index in [2.05, 4.69) is 50.1 Å². The monoisotopic (exact) mass is 454 g/mol. The van der Waals surface area contributed by atoms with Crippen molar-refractivity contribution in [3.8, 4) is 11.5 Å². The molecule has 1 aliphatic rings. The van der Waals surface area contributed by atoms with E-state index >= 15 is 0 Å². The van der Waals surface area contributed by atoms with Crippen molar-refractivity contribution in [3.05, 3.63) is 77.0 Å². The first-order valence-corrected chi connectivity index (χ1v) is 10.4. The zero-order valence-corrected chi connectivity index (χ0v) is 17.8. The van der Waals surface area contributed by atoms with Gasteiger partial charge in [-0.1, -0.05) is 22.0 Å². The molecular weight excluding hydrogens is 432 g/mol. The Morgan fingerprint density at radius 3 is 2.62 bits per heavy atom. The molecule has 29 heavy (non-hydrogen) atoms. The first-order chi connectivity index (χ1) is 14.2. The fraction of sp³-hybridized carbons (Fsp3) is 0.261. The summed E-state index contributed by atoms with van der Waals surface area (Å²) in [5.41, 5.74) is 3.22. The Bertz CT molecular complexity index is 929. The molecule has 1 atom stereocenters. The lowest BCUT2D eigenvalue weighted by Gasteiger charge is -2.26. The van der Waals surface area contributed by atoms with E-state index in [1.54, 1.807) is 13.3 Å². The predicted molar refractivity (Wildman–Crippen MR) is 117 cm³/mol. The Labute approximate surface area is 179 Å². The fourth-order valence-corrected chi connectivity index (χ4v) is 3.60. The van der Waals surface area contributed by atoms with Crippen molar-refractivity contribution < 1.29 is 14.2 Å². The van der Waals surface area contributed by atoms with Crippen LogP contribution in [-0.2, 0) is 11.3 Å². The highest BCUT2D eigenvalue weighted by Gasteiger charge is 2.20. The number of pyridine rings is 1. The maximum absolute atomic E-state index is 6.20. The summed E-state index contributed by atoms with van der Waals surface area (Å²) < 4.78 is 18.2. The summed E-state index contributed by atoms with van der Waals surface area (Å²) in [6, 6.07) is 18.4. The summed E-state index contributed by atoms with van der Waals surface area (Å²) in [5, 5.41) is 0. The predicted octanol–water partition coefficient (Wildman–Crippen LogP) is 5.36. The summed E-state index contributed by atoms with van der Waals surface area (Å²) in [7, 11) is 1.66. The van der Waals surface area contributed by atoms with Gasteiger partial charge in [0.15, 0.2) is 11.5 Å². The Morgan fingerprint density at radius 2 is 1.93 bits per heavy atom. The lowest BCUT2D eigenvalue weighted by atomic mass is 10.1. The molecule has 5 nitrogen and oxygen atoms in total. The van der Waals surface area contributed by atoms with Crippen LogP contribution in [0.2, 0.25) is 0 Å². The minimum atomic E-state index is 0.0543. The molecule has 0 amide bonds. The Balaban J connectivity index is 1.69. The molecule has 0 unspecified atom stereocenters. The largest absolute Gasteiger partial charge is 0.493 e. The molecular formula is C23H23BrN2O3. The highest BCUT2D eigenvalue weighted by atomic mass is 79.9. The second-order valence-electron chi connectivity index (χ2n) is 6.86. The molecule has 1 aromatic heterocycles. The number of hydrogen-bond donors (Lipinski definition) is 0. The average molecular weight is 455 g/mol. The van der Waals surface area contributed by atoms with E-state index in [0.717, 1.165) is 45.9 Å². The number of benzene rings is 2. The van der Waals surface area contributed by atoms with Gasteiger partial charge in [-0.25, -0.2) is 0 Å². The molecule has 3 aromatic rings. The first-order valence-electron chi connectivity index (χ1n) is 9.57. The van der Waals surface area contributed by atoms with E-state index in [1.165, 1.54) is 0 Å². The van der Waals surface area contributed by atoms with Crippen molar-refractivity contribution in [2.24, 2.45) is 0 Å². The molecule has 2 aromatic carbocycles. The van der Waals surface area contributed by atoms with Crippen LogP contribution in [0.5, 0.6) is 11.5 Å². The van der Waals surface area contributed by atoms with Gasteiger partial charge in [0.05, 0.1) is 20.3 Å². The van der Waals surface area contributed by atoms with Crippen LogP contribution in [0, 0.1) is 0 Å². The lowest BCUT2D eigenvalue weighted by Crippen LogP contribution is -2.18. The van der Waals surface area contributed by atoms with Crippen LogP contribution < -0.4 is 14.4 Å². The van der Waals surface area contributed by atoms with Gasteiger partial charge in [-0.15, -0.1) is 0 Å². The number of anilines is 2. The normalized spacial score (nSPS) is 15.9. The van der Waals surface area contributed by atoms with E-state index in [-0.39, 0.29) is 6.10 Å². The maximum atomic E-state index is 6.20. The molecule has 4 rings (SSSR count). The summed E-state index contributed by atoms with van der Waals surface area (Å²) in [4.78, 5) is 6.50. The molecule has 2 heterocycles. The third-order valence-electron chi connectivity index (χ3n) is 4.84. The molecule has 150 valence electrons. The van der Waals surface area contributed by atoms with Crippen LogP contribution in [0.3, 0.4) is 0 Å². The number of ether oxygens (including phenoxy) is 3. The van der Waals surface area contributed by atoms with Crippen molar-refractivity contribution in [2.75, 3.05) is 25.2 Å². The van der Waals surface area contributed by atoms with Crippen molar-refractivity contribution in [3.63, 3.8) is 0 Å². The second kappa shape index (κ2) is 9.29. The third kappa shape index (κ3) is 4.89. The van der Waals surface area contributed by atoms with E-state index in [4.69, 9.17) is 14.2 Å². The van der Waals surface area contributed by atoms with Gasteiger partial charge in [0.2, 0.25) is 0 Å². The van der Waals surface area contributed by atoms with Crippen molar-refractivity contribution >= 4 is 27.3 Å². The minimum absolute atomic E-state index is 0.0543. The SMILES string of the molecule is COc1ccc(N(Cc2cccnc2)c2ccc(Br)cc2)cc1O[C@@H]1CCOC1. The van der Waals surface area contributed by atoms with Gasteiger partial charge in [0, 0.05) is 47.3 Å². The zero-order chi connectivity index (χ0) is 20.1.